The lowest BCUT2D eigenvalue weighted by Gasteiger charge is -1.98. The summed E-state index contributed by atoms with van der Waals surface area (Å²) in [5.74, 6) is 0. The van der Waals surface area contributed by atoms with E-state index < -0.39 is 0 Å². The Morgan fingerprint density at radius 1 is 1.50 bits per heavy atom. The third-order valence-corrected chi connectivity index (χ3v) is 5.47. The Bertz CT molecular complexity index is 618. The summed E-state index contributed by atoms with van der Waals surface area (Å²) in [4.78, 5) is 21.0. The zero-order valence-electron chi connectivity index (χ0n) is 8.76. The second-order valence-corrected chi connectivity index (χ2v) is 7.03. The molecule has 2 aromatic rings. The van der Waals surface area contributed by atoms with Gasteiger partial charge in [0.25, 0.3) is 5.56 Å². The highest BCUT2D eigenvalue weighted by molar-refractivity contribution is 8.00. The maximum Gasteiger partial charge on any atom is 0.273 e. The van der Waals surface area contributed by atoms with Gasteiger partial charge < -0.3 is 0 Å². The Morgan fingerprint density at radius 3 is 3.06 bits per heavy atom. The molecule has 0 N–H and O–H groups in total. The average Bonchev–Trinajstić information content (AvgIpc) is 2.81. The van der Waals surface area contributed by atoms with E-state index in [1.807, 2.05) is 6.26 Å². The van der Waals surface area contributed by atoms with E-state index in [0.29, 0.717) is 15.6 Å². The largest absolute Gasteiger partial charge is 0.285 e. The highest BCUT2D eigenvalue weighted by atomic mass is 32.2. The van der Waals surface area contributed by atoms with Crippen LogP contribution < -0.4 is 5.56 Å². The molecular weight excluding hydrogens is 262 g/mol. The predicted molar refractivity (Wildman–Crippen MR) is 68.8 cm³/mol. The summed E-state index contributed by atoms with van der Waals surface area (Å²) in [5.41, 5.74) is 0.668. The van der Waals surface area contributed by atoms with Crippen LogP contribution in [-0.4, -0.2) is 26.0 Å². The van der Waals surface area contributed by atoms with Crippen molar-refractivity contribution in [3.8, 4) is 0 Å². The van der Waals surface area contributed by atoms with Crippen LogP contribution in [0.1, 0.15) is 6.92 Å². The lowest BCUT2D eigenvalue weighted by atomic mass is 10.4. The first kappa shape index (κ1) is 10.6. The molecule has 0 amide bonds. The zero-order valence-corrected chi connectivity index (χ0v) is 11.2. The Kier molecular flexibility index (Phi) is 2.49. The molecule has 1 aliphatic heterocycles. The molecule has 1 atom stereocenters. The molecule has 16 heavy (non-hydrogen) atoms. The summed E-state index contributed by atoms with van der Waals surface area (Å²) >= 11 is 4.64. The second-order valence-electron chi connectivity index (χ2n) is 3.58. The van der Waals surface area contributed by atoms with Gasteiger partial charge in [0.05, 0.1) is 0 Å². The first-order valence-electron chi connectivity index (χ1n) is 4.81. The quantitative estimate of drug-likeness (QED) is 0.587. The maximum atomic E-state index is 12.2. The van der Waals surface area contributed by atoms with Gasteiger partial charge in [-0.3, -0.25) is 9.36 Å². The second kappa shape index (κ2) is 3.75. The van der Waals surface area contributed by atoms with Gasteiger partial charge in [0.15, 0.2) is 15.1 Å². The summed E-state index contributed by atoms with van der Waals surface area (Å²) in [6.07, 6.45) is 1.96. The summed E-state index contributed by atoms with van der Waals surface area (Å²) in [6, 6.07) is 0. The molecule has 3 heterocycles. The van der Waals surface area contributed by atoms with Crippen LogP contribution >= 0.6 is 34.9 Å². The summed E-state index contributed by atoms with van der Waals surface area (Å²) in [5, 5.41) is 1.24. The lowest BCUT2D eigenvalue weighted by molar-refractivity contribution is 0.628. The summed E-state index contributed by atoms with van der Waals surface area (Å²) in [6.45, 7) is 2.86. The van der Waals surface area contributed by atoms with Crippen LogP contribution in [0.5, 0.6) is 0 Å². The minimum atomic E-state index is 0.0645. The van der Waals surface area contributed by atoms with Crippen LogP contribution in [0.15, 0.2) is 14.3 Å². The van der Waals surface area contributed by atoms with E-state index in [9.17, 15) is 4.79 Å². The van der Waals surface area contributed by atoms with E-state index in [0.717, 1.165) is 16.0 Å². The number of thioether (sulfide) groups is 2. The number of hydrogen-bond donors (Lipinski definition) is 0. The molecular formula is C9H9N3OS3. The standard InChI is InChI=1S/C9H9N3OS3/c1-4-3-12-7(13)5-6(10-8(12)15-4)11-9(14-2)16-5/h4H,3H2,1-2H3. The van der Waals surface area contributed by atoms with Gasteiger partial charge in [-0.2, -0.15) is 0 Å². The van der Waals surface area contributed by atoms with Crippen LogP contribution in [0, 0.1) is 0 Å². The van der Waals surface area contributed by atoms with E-state index in [2.05, 4.69) is 16.9 Å². The third kappa shape index (κ3) is 1.49. The van der Waals surface area contributed by atoms with E-state index in [1.54, 1.807) is 28.1 Å². The van der Waals surface area contributed by atoms with Crippen molar-refractivity contribution in [1.29, 1.82) is 0 Å². The van der Waals surface area contributed by atoms with Gasteiger partial charge in [-0.05, 0) is 6.26 Å². The van der Waals surface area contributed by atoms with Gasteiger partial charge in [-0.15, -0.1) is 11.3 Å². The van der Waals surface area contributed by atoms with Crippen LogP contribution in [0.2, 0.25) is 0 Å². The Hall–Kier alpha value is -0.530. The predicted octanol–water partition coefficient (Wildman–Crippen LogP) is 2.07. The van der Waals surface area contributed by atoms with Crippen LogP contribution in [0.3, 0.4) is 0 Å². The number of thiazole rings is 1. The fourth-order valence-corrected chi connectivity index (χ4v) is 4.14. The normalized spacial score (nSPS) is 19.2. The average molecular weight is 271 g/mol. The number of fused-ring (bicyclic) bond motifs is 2. The fraction of sp³-hybridized carbons (Fsp3) is 0.444. The van der Waals surface area contributed by atoms with Gasteiger partial charge in [0.1, 0.15) is 4.70 Å². The molecule has 0 radical (unpaired) electrons. The van der Waals surface area contributed by atoms with Crippen LogP contribution in [-0.2, 0) is 6.54 Å². The molecule has 4 nitrogen and oxygen atoms in total. The molecule has 0 saturated carbocycles. The van der Waals surface area contributed by atoms with E-state index in [-0.39, 0.29) is 5.56 Å². The molecule has 0 spiro atoms. The monoisotopic (exact) mass is 271 g/mol. The Balaban J connectivity index is 2.31. The van der Waals surface area contributed by atoms with E-state index in [4.69, 9.17) is 0 Å². The molecule has 84 valence electrons. The van der Waals surface area contributed by atoms with Gasteiger partial charge >= 0.3 is 0 Å². The van der Waals surface area contributed by atoms with Crippen LogP contribution in [0.25, 0.3) is 10.3 Å². The highest BCUT2D eigenvalue weighted by Crippen LogP contribution is 2.31. The van der Waals surface area contributed by atoms with Gasteiger partial charge in [0, 0.05) is 11.8 Å². The maximum absolute atomic E-state index is 12.2. The molecule has 1 aliphatic rings. The van der Waals surface area contributed by atoms with Crippen molar-refractivity contribution in [2.75, 3.05) is 6.26 Å². The molecule has 1 unspecified atom stereocenters. The number of aromatic nitrogens is 3. The molecule has 0 aliphatic carbocycles. The number of rotatable bonds is 1. The van der Waals surface area contributed by atoms with Crippen LogP contribution in [0.4, 0.5) is 0 Å². The Labute approximate surface area is 104 Å². The highest BCUT2D eigenvalue weighted by Gasteiger charge is 2.23. The SMILES string of the molecule is CSc1nc2nc3n(c(=O)c2s1)CC(C)S3. The van der Waals surface area contributed by atoms with Crippen molar-refractivity contribution in [1.82, 2.24) is 14.5 Å². The minimum absolute atomic E-state index is 0.0645. The number of hydrogen-bond acceptors (Lipinski definition) is 6. The van der Waals surface area contributed by atoms with Gasteiger partial charge in [-0.25, -0.2) is 9.97 Å². The van der Waals surface area contributed by atoms with E-state index >= 15 is 0 Å². The fourth-order valence-electron chi connectivity index (χ4n) is 1.68. The summed E-state index contributed by atoms with van der Waals surface area (Å²) in [7, 11) is 0. The molecule has 0 bridgehead atoms. The van der Waals surface area contributed by atoms with E-state index in [1.165, 1.54) is 11.3 Å². The van der Waals surface area contributed by atoms with Crippen molar-refractivity contribution < 1.29 is 0 Å². The number of nitrogens with zero attached hydrogens (tertiary/aromatic N) is 3. The molecule has 2 aromatic heterocycles. The summed E-state index contributed by atoms with van der Waals surface area (Å²) < 4.78 is 3.35. The van der Waals surface area contributed by atoms with Crippen molar-refractivity contribution in [2.24, 2.45) is 0 Å². The van der Waals surface area contributed by atoms with Crippen molar-refractivity contribution in [2.45, 2.75) is 28.2 Å². The van der Waals surface area contributed by atoms with Crippen molar-refractivity contribution in [3.05, 3.63) is 10.4 Å². The first-order chi connectivity index (χ1) is 7.69. The molecule has 3 rings (SSSR count). The first-order valence-corrected chi connectivity index (χ1v) is 7.73. The molecule has 0 aromatic carbocycles. The third-order valence-electron chi connectivity index (χ3n) is 2.38. The van der Waals surface area contributed by atoms with Gasteiger partial charge in [0.2, 0.25) is 0 Å². The molecule has 0 fully saturated rings. The van der Waals surface area contributed by atoms with Gasteiger partial charge in [-0.1, -0.05) is 30.4 Å². The molecule has 0 saturated heterocycles. The lowest BCUT2D eigenvalue weighted by Crippen LogP contribution is -2.20. The topological polar surface area (TPSA) is 47.8 Å². The Morgan fingerprint density at radius 2 is 2.31 bits per heavy atom. The smallest absolute Gasteiger partial charge is 0.273 e. The zero-order chi connectivity index (χ0) is 11.3. The van der Waals surface area contributed by atoms with Crippen molar-refractivity contribution in [3.63, 3.8) is 0 Å². The van der Waals surface area contributed by atoms with Crippen molar-refractivity contribution >= 4 is 45.2 Å². The molecule has 7 heteroatoms. The minimum Gasteiger partial charge on any atom is -0.285 e.